The average molecular weight is 400 g/mol. The fraction of sp³-hybridized carbons (Fsp3) is 0.136. The van der Waals surface area contributed by atoms with E-state index in [-0.39, 0.29) is 5.91 Å². The maximum Gasteiger partial charge on any atom is 0.261 e. The molecule has 3 aromatic rings. The quantitative estimate of drug-likeness (QED) is 0.573. The van der Waals surface area contributed by atoms with Crippen LogP contribution in [-0.4, -0.2) is 12.0 Å². The number of carbonyl (C=O) groups is 1. The summed E-state index contributed by atoms with van der Waals surface area (Å²) in [5.41, 5.74) is 3.31. The van der Waals surface area contributed by atoms with E-state index in [1.807, 2.05) is 42.5 Å². The van der Waals surface area contributed by atoms with Crippen LogP contribution in [0.15, 0.2) is 72.8 Å². The van der Waals surface area contributed by atoms with Crippen LogP contribution in [0.4, 0.5) is 0 Å². The zero-order valence-electron chi connectivity index (χ0n) is 14.8. The molecule has 0 saturated carbocycles. The van der Waals surface area contributed by atoms with E-state index in [4.69, 9.17) is 27.9 Å². The second-order valence-corrected chi connectivity index (χ2v) is 6.96. The van der Waals surface area contributed by atoms with Crippen molar-refractivity contribution in [3.8, 4) is 16.9 Å². The van der Waals surface area contributed by atoms with E-state index >= 15 is 0 Å². The van der Waals surface area contributed by atoms with Crippen LogP contribution >= 0.6 is 23.2 Å². The number of hydrogen-bond acceptors (Lipinski definition) is 2. The number of nitrogens with one attached hydrogen (secondary N) is 1. The second-order valence-electron chi connectivity index (χ2n) is 6.12. The highest BCUT2D eigenvalue weighted by Crippen LogP contribution is 2.28. The largest absolute Gasteiger partial charge is 0.479 e. The van der Waals surface area contributed by atoms with Crippen molar-refractivity contribution >= 4 is 29.1 Å². The summed E-state index contributed by atoms with van der Waals surface area (Å²) in [6.07, 6.45) is -0.674. The Morgan fingerprint density at radius 1 is 0.963 bits per heavy atom. The van der Waals surface area contributed by atoms with Crippen molar-refractivity contribution in [2.45, 2.75) is 19.6 Å². The number of hydrogen-bond donors (Lipinski definition) is 1. The number of carbonyl (C=O) groups excluding carboxylic acids is 1. The summed E-state index contributed by atoms with van der Waals surface area (Å²) in [5, 5.41) is 3.77. The minimum Gasteiger partial charge on any atom is -0.479 e. The van der Waals surface area contributed by atoms with Gasteiger partial charge >= 0.3 is 0 Å². The Labute approximate surface area is 168 Å². The molecule has 5 heteroatoms. The van der Waals surface area contributed by atoms with Crippen LogP contribution in [0, 0.1) is 0 Å². The lowest BCUT2D eigenvalue weighted by molar-refractivity contribution is -0.127. The molecule has 0 aliphatic rings. The van der Waals surface area contributed by atoms with Gasteiger partial charge in [-0.3, -0.25) is 4.79 Å². The van der Waals surface area contributed by atoms with Crippen molar-refractivity contribution in [1.82, 2.24) is 5.32 Å². The molecule has 138 valence electrons. The second kappa shape index (κ2) is 8.94. The Hall–Kier alpha value is -2.49. The highest BCUT2D eigenvalue weighted by Gasteiger charge is 2.16. The predicted octanol–water partition coefficient (Wildman–Crippen LogP) is 5.74. The van der Waals surface area contributed by atoms with Crippen LogP contribution in [0.25, 0.3) is 11.1 Å². The number of amides is 1. The van der Waals surface area contributed by atoms with Crippen LogP contribution < -0.4 is 10.1 Å². The zero-order chi connectivity index (χ0) is 19.2. The summed E-state index contributed by atoms with van der Waals surface area (Å²) in [6.45, 7) is 2.11. The first-order valence-electron chi connectivity index (χ1n) is 8.57. The van der Waals surface area contributed by atoms with Gasteiger partial charge < -0.3 is 10.1 Å². The van der Waals surface area contributed by atoms with E-state index in [9.17, 15) is 4.79 Å². The van der Waals surface area contributed by atoms with Gasteiger partial charge in [0.1, 0.15) is 5.75 Å². The Balaban J connectivity index is 1.55. The molecule has 0 aromatic heterocycles. The predicted molar refractivity (Wildman–Crippen MR) is 110 cm³/mol. The van der Waals surface area contributed by atoms with Crippen LogP contribution in [0.2, 0.25) is 10.0 Å². The summed E-state index contributed by atoms with van der Waals surface area (Å²) in [6, 6.07) is 23.2. The molecule has 1 amide bonds. The Morgan fingerprint density at radius 2 is 1.63 bits per heavy atom. The molecule has 1 atom stereocenters. The molecule has 0 aliphatic carbocycles. The lowest BCUT2D eigenvalue weighted by Gasteiger charge is -2.16. The molecule has 0 heterocycles. The van der Waals surface area contributed by atoms with Crippen LogP contribution in [0.3, 0.4) is 0 Å². The number of ether oxygens (including phenoxy) is 1. The van der Waals surface area contributed by atoms with E-state index in [1.54, 1.807) is 25.1 Å². The van der Waals surface area contributed by atoms with Gasteiger partial charge in [0.25, 0.3) is 5.91 Å². The molecule has 3 nitrogen and oxygen atoms in total. The number of benzene rings is 3. The molecule has 0 spiro atoms. The summed E-state index contributed by atoms with van der Waals surface area (Å²) < 4.78 is 5.62. The molecule has 0 bridgehead atoms. The van der Waals surface area contributed by atoms with Gasteiger partial charge in [0.05, 0.1) is 5.02 Å². The molecule has 0 fully saturated rings. The third kappa shape index (κ3) is 5.25. The Morgan fingerprint density at radius 3 is 2.30 bits per heavy atom. The third-order valence-electron chi connectivity index (χ3n) is 4.09. The summed E-state index contributed by atoms with van der Waals surface area (Å²) in [5.74, 6) is 0.212. The normalized spacial score (nSPS) is 11.7. The van der Waals surface area contributed by atoms with Crippen LogP contribution in [0.1, 0.15) is 12.5 Å². The number of rotatable bonds is 6. The van der Waals surface area contributed by atoms with Crippen molar-refractivity contribution in [2.75, 3.05) is 0 Å². The van der Waals surface area contributed by atoms with Gasteiger partial charge in [0, 0.05) is 11.6 Å². The maximum atomic E-state index is 12.3. The van der Waals surface area contributed by atoms with Gasteiger partial charge in [-0.15, -0.1) is 0 Å². The van der Waals surface area contributed by atoms with E-state index in [2.05, 4.69) is 17.4 Å². The summed E-state index contributed by atoms with van der Waals surface area (Å²) in [7, 11) is 0. The minimum absolute atomic E-state index is 0.215. The standard InChI is InChI=1S/C22H19Cl2NO2/c1-15(27-21-12-11-19(23)13-20(21)24)22(26)25-14-16-7-9-18(10-8-16)17-5-3-2-4-6-17/h2-13,15H,14H2,1H3,(H,25,26). The van der Waals surface area contributed by atoms with Crippen LogP contribution in [-0.2, 0) is 11.3 Å². The molecule has 0 saturated heterocycles. The van der Waals surface area contributed by atoms with E-state index < -0.39 is 6.10 Å². The zero-order valence-corrected chi connectivity index (χ0v) is 16.3. The first-order valence-corrected chi connectivity index (χ1v) is 9.32. The van der Waals surface area contributed by atoms with Gasteiger partial charge in [-0.2, -0.15) is 0 Å². The van der Waals surface area contributed by atoms with Gasteiger partial charge in [0.15, 0.2) is 6.10 Å². The molecular formula is C22H19Cl2NO2. The van der Waals surface area contributed by atoms with E-state index in [0.29, 0.717) is 22.3 Å². The molecular weight excluding hydrogens is 381 g/mol. The fourth-order valence-electron chi connectivity index (χ4n) is 2.59. The van der Waals surface area contributed by atoms with Crippen molar-refractivity contribution < 1.29 is 9.53 Å². The smallest absolute Gasteiger partial charge is 0.261 e. The first-order chi connectivity index (χ1) is 13.0. The van der Waals surface area contributed by atoms with Crippen molar-refractivity contribution in [1.29, 1.82) is 0 Å². The summed E-state index contributed by atoms with van der Waals surface area (Å²) >= 11 is 11.9. The highest BCUT2D eigenvalue weighted by atomic mass is 35.5. The SMILES string of the molecule is CC(Oc1ccc(Cl)cc1Cl)C(=O)NCc1ccc(-c2ccccc2)cc1. The van der Waals surface area contributed by atoms with Gasteiger partial charge in [-0.05, 0) is 41.8 Å². The maximum absolute atomic E-state index is 12.3. The molecule has 3 rings (SSSR count). The minimum atomic E-state index is -0.674. The van der Waals surface area contributed by atoms with Gasteiger partial charge in [-0.25, -0.2) is 0 Å². The Bertz CT molecular complexity index is 911. The van der Waals surface area contributed by atoms with E-state index in [1.165, 1.54) is 0 Å². The molecule has 27 heavy (non-hydrogen) atoms. The molecule has 3 aromatic carbocycles. The monoisotopic (exact) mass is 399 g/mol. The average Bonchev–Trinajstić information content (AvgIpc) is 2.69. The highest BCUT2D eigenvalue weighted by molar-refractivity contribution is 6.35. The number of halogens is 2. The lowest BCUT2D eigenvalue weighted by atomic mass is 10.0. The Kier molecular flexibility index (Phi) is 6.38. The van der Waals surface area contributed by atoms with Crippen molar-refractivity contribution in [3.05, 3.63) is 88.4 Å². The van der Waals surface area contributed by atoms with Crippen molar-refractivity contribution in [3.63, 3.8) is 0 Å². The van der Waals surface area contributed by atoms with Crippen LogP contribution in [0.5, 0.6) is 5.75 Å². The topological polar surface area (TPSA) is 38.3 Å². The first kappa shape index (κ1) is 19.3. The third-order valence-corrected chi connectivity index (χ3v) is 4.63. The van der Waals surface area contributed by atoms with Gasteiger partial charge in [0.2, 0.25) is 0 Å². The lowest BCUT2D eigenvalue weighted by Crippen LogP contribution is -2.35. The van der Waals surface area contributed by atoms with Gasteiger partial charge in [-0.1, -0.05) is 77.8 Å². The fourth-order valence-corrected chi connectivity index (χ4v) is 3.05. The molecule has 0 radical (unpaired) electrons. The molecule has 1 N–H and O–H groups in total. The van der Waals surface area contributed by atoms with E-state index in [0.717, 1.165) is 16.7 Å². The molecule has 1 unspecified atom stereocenters. The summed E-state index contributed by atoms with van der Waals surface area (Å²) in [4.78, 5) is 12.3. The molecule has 0 aliphatic heterocycles. The van der Waals surface area contributed by atoms with Crippen molar-refractivity contribution in [2.24, 2.45) is 0 Å².